The zero-order valence-electron chi connectivity index (χ0n) is 17.1. The number of aromatic nitrogens is 4. The highest BCUT2D eigenvalue weighted by Gasteiger charge is 2.24. The molecule has 0 saturated carbocycles. The first kappa shape index (κ1) is 21.7. The normalized spacial score (nSPS) is 11.1. The Kier molecular flexibility index (Phi) is 6.99. The Labute approximate surface area is 177 Å². The summed E-state index contributed by atoms with van der Waals surface area (Å²) in [5.41, 5.74) is 6.69. The summed E-state index contributed by atoms with van der Waals surface area (Å²) in [5, 5.41) is 0.623. The number of nitrogens with two attached hydrogens (primary N) is 1. The van der Waals surface area contributed by atoms with Crippen molar-refractivity contribution in [2.24, 2.45) is 0 Å². The molecule has 0 aliphatic rings. The van der Waals surface area contributed by atoms with Crippen molar-refractivity contribution in [1.82, 2.24) is 19.5 Å². The first-order chi connectivity index (χ1) is 14.5. The highest BCUT2D eigenvalue weighted by Crippen LogP contribution is 2.22. The van der Waals surface area contributed by atoms with Crippen LogP contribution in [0.15, 0.2) is 39.0 Å². The lowest BCUT2D eigenvalue weighted by atomic mass is 10.2. The second-order valence-electron chi connectivity index (χ2n) is 6.89. The molecule has 0 saturated heterocycles. The van der Waals surface area contributed by atoms with E-state index < -0.39 is 11.2 Å². The van der Waals surface area contributed by atoms with Crippen LogP contribution in [-0.2, 0) is 11.3 Å². The Bertz CT molecular complexity index is 1120. The number of anilines is 2. The van der Waals surface area contributed by atoms with Crippen molar-refractivity contribution in [3.8, 4) is 0 Å². The van der Waals surface area contributed by atoms with Crippen LogP contribution in [0.2, 0.25) is 0 Å². The minimum atomic E-state index is -0.650. The first-order valence-corrected chi connectivity index (χ1v) is 10.9. The van der Waals surface area contributed by atoms with Crippen LogP contribution in [0, 0.1) is 0 Å². The molecule has 0 spiro atoms. The number of para-hydroxylation sites is 2. The van der Waals surface area contributed by atoms with E-state index in [4.69, 9.17) is 5.73 Å². The fourth-order valence-corrected chi connectivity index (χ4v) is 3.93. The van der Waals surface area contributed by atoms with Gasteiger partial charge in [-0.25, -0.2) is 9.78 Å². The van der Waals surface area contributed by atoms with E-state index in [-0.39, 0.29) is 23.2 Å². The van der Waals surface area contributed by atoms with Gasteiger partial charge in [0, 0.05) is 13.1 Å². The third-order valence-electron chi connectivity index (χ3n) is 4.67. The Morgan fingerprint density at radius 1 is 1.20 bits per heavy atom. The van der Waals surface area contributed by atoms with Gasteiger partial charge in [0.25, 0.3) is 5.56 Å². The molecule has 30 heavy (non-hydrogen) atoms. The molecule has 2 aromatic heterocycles. The van der Waals surface area contributed by atoms with E-state index in [1.165, 1.54) is 21.2 Å². The Morgan fingerprint density at radius 3 is 2.67 bits per heavy atom. The Morgan fingerprint density at radius 2 is 1.97 bits per heavy atom. The van der Waals surface area contributed by atoms with E-state index in [0.29, 0.717) is 31.1 Å². The number of imidazole rings is 1. The molecular weight excluding hydrogens is 404 g/mol. The number of nitrogens with one attached hydrogen (secondary N) is 2. The molecule has 3 aromatic rings. The number of carbonyl (C=O) groups excluding carboxylic acids is 1. The predicted molar refractivity (Wildman–Crippen MR) is 120 cm³/mol. The second kappa shape index (κ2) is 9.66. The molecule has 1 aromatic carbocycles. The summed E-state index contributed by atoms with van der Waals surface area (Å²) < 4.78 is 1.30. The number of amides is 1. The van der Waals surface area contributed by atoms with E-state index in [1.54, 1.807) is 0 Å². The minimum Gasteiger partial charge on any atom is -0.383 e. The number of unbranched alkanes of at least 4 members (excludes halogenated alkanes) is 1. The zero-order chi connectivity index (χ0) is 21.7. The lowest BCUT2D eigenvalue weighted by Crippen LogP contribution is -2.42. The van der Waals surface area contributed by atoms with Crippen LogP contribution in [0.1, 0.15) is 33.1 Å². The van der Waals surface area contributed by atoms with Crippen molar-refractivity contribution in [2.75, 3.05) is 22.9 Å². The number of hydrogen-bond donors (Lipinski definition) is 3. The highest BCUT2D eigenvalue weighted by atomic mass is 32.2. The van der Waals surface area contributed by atoms with Crippen LogP contribution < -0.4 is 21.9 Å². The van der Waals surface area contributed by atoms with Crippen LogP contribution in [0.25, 0.3) is 11.0 Å². The molecule has 160 valence electrons. The van der Waals surface area contributed by atoms with E-state index >= 15 is 0 Å². The summed E-state index contributed by atoms with van der Waals surface area (Å²) in [6, 6.07) is 7.61. The number of aromatic amines is 2. The molecule has 0 radical (unpaired) electrons. The van der Waals surface area contributed by atoms with Crippen molar-refractivity contribution in [3.05, 3.63) is 45.1 Å². The van der Waals surface area contributed by atoms with Gasteiger partial charge in [-0.05, 0) is 25.0 Å². The maximum absolute atomic E-state index is 13.1. The van der Waals surface area contributed by atoms with Crippen LogP contribution in [0.5, 0.6) is 0 Å². The second-order valence-corrected chi connectivity index (χ2v) is 7.86. The number of benzene rings is 1. The number of carbonyl (C=O) groups is 1. The Hall–Kier alpha value is -3.01. The molecule has 4 N–H and O–H groups in total. The number of nitrogen functional groups attached to an aromatic ring is 1. The van der Waals surface area contributed by atoms with E-state index in [0.717, 1.165) is 17.5 Å². The summed E-state index contributed by atoms with van der Waals surface area (Å²) in [6.07, 6.45) is 2.21. The summed E-state index contributed by atoms with van der Waals surface area (Å²) in [6.45, 7) is 4.60. The average molecular weight is 431 g/mol. The van der Waals surface area contributed by atoms with Crippen LogP contribution in [0.3, 0.4) is 0 Å². The molecule has 0 atom stereocenters. The fourth-order valence-electron chi connectivity index (χ4n) is 3.17. The van der Waals surface area contributed by atoms with E-state index in [1.807, 2.05) is 38.1 Å². The molecular formula is C20H26N6O3S. The van der Waals surface area contributed by atoms with Gasteiger partial charge in [-0.2, -0.15) is 0 Å². The van der Waals surface area contributed by atoms with Gasteiger partial charge in [0.15, 0.2) is 10.8 Å². The molecule has 0 fully saturated rings. The van der Waals surface area contributed by atoms with Crippen molar-refractivity contribution in [2.45, 2.75) is 44.8 Å². The largest absolute Gasteiger partial charge is 0.383 e. The van der Waals surface area contributed by atoms with Crippen molar-refractivity contribution < 1.29 is 4.79 Å². The first-order valence-electron chi connectivity index (χ1n) is 9.96. The lowest BCUT2D eigenvalue weighted by Gasteiger charge is -2.24. The molecule has 1 amide bonds. The van der Waals surface area contributed by atoms with E-state index in [2.05, 4.69) is 15.0 Å². The molecule has 9 nitrogen and oxygen atoms in total. The third kappa shape index (κ3) is 4.59. The van der Waals surface area contributed by atoms with Gasteiger partial charge >= 0.3 is 5.69 Å². The van der Waals surface area contributed by atoms with Gasteiger partial charge in [0.05, 0.1) is 16.8 Å². The van der Waals surface area contributed by atoms with Crippen LogP contribution in [0.4, 0.5) is 11.5 Å². The van der Waals surface area contributed by atoms with Crippen molar-refractivity contribution >= 4 is 40.2 Å². The number of thioether (sulfide) groups is 1. The minimum absolute atomic E-state index is 0.0174. The quantitative estimate of drug-likeness (QED) is 0.447. The van der Waals surface area contributed by atoms with Gasteiger partial charge in [0.1, 0.15) is 5.82 Å². The monoisotopic (exact) mass is 430 g/mol. The van der Waals surface area contributed by atoms with Gasteiger partial charge in [-0.1, -0.05) is 44.2 Å². The van der Waals surface area contributed by atoms with Crippen LogP contribution in [-0.4, -0.2) is 37.7 Å². The van der Waals surface area contributed by atoms with E-state index in [9.17, 15) is 14.4 Å². The smallest absolute Gasteiger partial charge is 0.330 e. The summed E-state index contributed by atoms with van der Waals surface area (Å²) in [5.74, 6) is -0.174. The fraction of sp³-hybridized carbons (Fsp3) is 0.400. The average Bonchev–Trinajstić information content (AvgIpc) is 3.14. The third-order valence-corrected chi connectivity index (χ3v) is 5.53. The highest BCUT2D eigenvalue weighted by molar-refractivity contribution is 7.99. The standard InChI is InChI=1S/C20H26N6O3S/c1-3-5-11-25(16-17(21)26(10-4-2)20(29)24-18(16)28)15(27)12-30-19-22-13-8-6-7-9-14(13)23-19/h6-9H,3-5,10-12,21H2,1-2H3,(H,22,23)(H,24,28,29). The van der Waals surface area contributed by atoms with Crippen LogP contribution >= 0.6 is 11.8 Å². The zero-order valence-corrected chi connectivity index (χ0v) is 17.9. The summed E-state index contributed by atoms with van der Waals surface area (Å²) in [7, 11) is 0. The molecule has 0 bridgehead atoms. The van der Waals surface area contributed by atoms with Gasteiger partial charge in [-0.15, -0.1) is 0 Å². The van der Waals surface area contributed by atoms with Crippen molar-refractivity contribution in [3.63, 3.8) is 0 Å². The number of nitrogens with zero attached hydrogens (tertiary/aromatic N) is 3. The number of fused-ring (bicyclic) bond motifs is 1. The number of rotatable bonds is 9. The maximum atomic E-state index is 13.1. The van der Waals surface area contributed by atoms with Gasteiger partial charge in [0.2, 0.25) is 5.91 Å². The predicted octanol–water partition coefficient (Wildman–Crippen LogP) is 2.33. The number of H-pyrrole nitrogens is 2. The molecule has 0 aliphatic heterocycles. The van der Waals surface area contributed by atoms with Gasteiger partial charge < -0.3 is 15.6 Å². The lowest BCUT2D eigenvalue weighted by molar-refractivity contribution is -0.116. The van der Waals surface area contributed by atoms with Crippen molar-refractivity contribution in [1.29, 1.82) is 0 Å². The maximum Gasteiger partial charge on any atom is 0.330 e. The summed E-state index contributed by atoms with van der Waals surface area (Å²) >= 11 is 1.26. The molecule has 0 unspecified atom stereocenters. The SMILES string of the molecule is CCCCN(C(=O)CSc1nc2ccccc2[nH]1)c1c(N)n(CCC)c(=O)[nH]c1=O. The number of hydrogen-bond acceptors (Lipinski definition) is 6. The topological polar surface area (TPSA) is 130 Å². The summed E-state index contributed by atoms with van der Waals surface area (Å²) in [4.78, 5) is 49.0. The molecule has 10 heteroatoms. The molecule has 3 rings (SSSR count). The molecule has 2 heterocycles. The molecule has 0 aliphatic carbocycles. The van der Waals surface area contributed by atoms with Gasteiger partial charge in [-0.3, -0.25) is 19.1 Å². The Balaban J connectivity index is 1.88.